The minimum Gasteiger partial charge on any atom is -0.268 e. The van der Waals surface area contributed by atoms with Crippen molar-refractivity contribution < 1.29 is 0 Å². The normalized spacial score (nSPS) is 43.7. The maximum atomic E-state index is 5.82. The third kappa shape index (κ3) is 0.775. The van der Waals surface area contributed by atoms with Crippen LogP contribution in [0.1, 0.15) is 32.1 Å². The number of fused-ring (bicyclic) bond motifs is 2. The quantitative estimate of drug-likeness (QED) is 0.488. The lowest BCUT2D eigenvalue weighted by molar-refractivity contribution is 0.143. The first-order valence-corrected chi connectivity index (χ1v) is 3.91. The van der Waals surface area contributed by atoms with Gasteiger partial charge in [0.15, 0.2) is 0 Å². The number of nitrogens with two attached hydrogens (primary N) is 1. The van der Waals surface area contributed by atoms with Gasteiger partial charge in [-0.3, -0.25) is 5.84 Å². The zero-order valence-corrected chi connectivity index (χ0v) is 5.71. The molecule has 0 aliphatic carbocycles. The van der Waals surface area contributed by atoms with Gasteiger partial charge in [-0.15, -0.1) is 0 Å². The van der Waals surface area contributed by atoms with E-state index in [4.69, 9.17) is 5.84 Å². The highest BCUT2D eigenvalue weighted by Gasteiger charge is 2.33. The Labute approximate surface area is 56.0 Å². The summed E-state index contributed by atoms with van der Waals surface area (Å²) in [5.74, 6) is 5.82. The Kier molecular flexibility index (Phi) is 1.24. The largest absolute Gasteiger partial charge is 0.268 e. The number of rotatable bonds is 0. The van der Waals surface area contributed by atoms with Gasteiger partial charge >= 0.3 is 0 Å². The molecule has 0 aromatic heterocycles. The molecule has 2 aliphatic rings. The van der Waals surface area contributed by atoms with Gasteiger partial charge in [0.2, 0.25) is 0 Å². The molecule has 0 aromatic carbocycles. The second kappa shape index (κ2) is 1.96. The first-order chi connectivity index (χ1) is 4.38. The molecule has 0 saturated carbocycles. The average molecular weight is 126 g/mol. The standard InChI is InChI=1S/C7H14N2/c8-9-6-2-1-3-7(9)5-4-6/h6-7H,1-5,8H2. The Morgan fingerprint density at radius 1 is 1.00 bits per heavy atom. The summed E-state index contributed by atoms with van der Waals surface area (Å²) in [4.78, 5) is 0. The summed E-state index contributed by atoms with van der Waals surface area (Å²) in [5.41, 5.74) is 0. The maximum Gasteiger partial charge on any atom is 0.0244 e. The van der Waals surface area contributed by atoms with Crippen LogP contribution in [0.2, 0.25) is 0 Å². The third-order valence-corrected chi connectivity index (χ3v) is 2.75. The molecule has 2 saturated heterocycles. The highest BCUT2D eigenvalue weighted by Crippen LogP contribution is 2.32. The van der Waals surface area contributed by atoms with Crippen molar-refractivity contribution in [2.45, 2.75) is 44.2 Å². The van der Waals surface area contributed by atoms with E-state index in [9.17, 15) is 0 Å². The molecule has 0 aromatic rings. The molecule has 0 amide bonds. The van der Waals surface area contributed by atoms with Crippen molar-refractivity contribution in [3.63, 3.8) is 0 Å². The predicted molar refractivity (Wildman–Crippen MR) is 36.7 cm³/mol. The summed E-state index contributed by atoms with van der Waals surface area (Å²) in [6, 6.07) is 1.48. The number of hydrogen-bond acceptors (Lipinski definition) is 2. The van der Waals surface area contributed by atoms with Gasteiger partial charge < -0.3 is 0 Å². The van der Waals surface area contributed by atoms with Gasteiger partial charge in [-0.25, -0.2) is 5.01 Å². The molecule has 52 valence electrons. The van der Waals surface area contributed by atoms with E-state index in [0.717, 1.165) is 12.1 Å². The Balaban J connectivity index is 2.10. The van der Waals surface area contributed by atoms with E-state index >= 15 is 0 Å². The van der Waals surface area contributed by atoms with Gasteiger partial charge in [-0.05, 0) is 25.7 Å². The van der Waals surface area contributed by atoms with Crippen molar-refractivity contribution in [2.75, 3.05) is 0 Å². The lowest BCUT2D eigenvalue weighted by Crippen LogP contribution is -2.44. The Hall–Kier alpha value is -0.0800. The van der Waals surface area contributed by atoms with Crippen molar-refractivity contribution >= 4 is 0 Å². The maximum absolute atomic E-state index is 5.82. The highest BCUT2D eigenvalue weighted by molar-refractivity contribution is 4.88. The summed E-state index contributed by atoms with van der Waals surface area (Å²) in [6.45, 7) is 0. The lowest BCUT2D eigenvalue weighted by Gasteiger charge is -2.29. The van der Waals surface area contributed by atoms with Crippen molar-refractivity contribution in [1.29, 1.82) is 0 Å². The van der Waals surface area contributed by atoms with Crippen LogP contribution in [-0.4, -0.2) is 17.1 Å². The minimum atomic E-state index is 0.740. The Morgan fingerprint density at radius 3 is 2.00 bits per heavy atom. The smallest absolute Gasteiger partial charge is 0.0244 e. The molecule has 0 radical (unpaired) electrons. The van der Waals surface area contributed by atoms with Crippen molar-refractivity contribution in [3.8, 4) is 0 Å². The Bertz CT molecular complexity index is 97.5. The summed E-state index contributed by atoms with van der Waals surface area (Å²) in [6.07, 6.45) is 6.78. The second-order valence-corrected chi connectivity index (χ2v) is 3.26. The van der Waals surface area contributed by atoms with Crippen LogP contribution in [0.25, 0.3) is 0 Å². The van der Waals surface area contributed by atoms with E-state index in [1.165, 1.54) is 32.1 Å². The van der Waals surface area contributed by atoms with Crippen molar-refractivity contribution in [1.82, 2.24) is 5.01 Å². The molecule has 2 unspecified atom stereocenters. The average Bonchev–Trinajstić information content (AvgIpc) is 2.19. The summed E-state index contributed by atoms with van der Waals surface area (Å²) >= 11 is 0. The molecule has 2 heterocycles. The van der Waals surface area contributed by atoms with Gasteiger partial charge in [-0.1, -0.05) is 6.42 Å². The molecular weight excluding hydrogens is 112 g/mol. The van der Waals surface area contributed by atoms with E-state index in [1.54, 1.807) is 0 Å². The molecule has 2 rings (SSSR count). The molecule has 2 bridgehead atoms. The van der Waals surface area contributed by atoms with Crippen LogP contribution in [0.5, 0.6) is 0 Å². The van der Waals surface area contributed by atoms with Crippen LogP contribution in [0.3, 0.4) is 0 Å². The first-order valence-electron chi connectivity index (χ1n) is 3.91. The molecule has 2 aliphatic heterocycles. The van der Waals surface area contributed by atoms with E-state index in [-0.39, 0.29) is 0 Å². The predicted octanol–water partition coefficient (Wildman–Crippen LogP) is 0.877. The molecule has 2 atom stereocenters. The Morgan fingerprint density at radius 2 is 1.56 bits per heavy atom. The van der Waals surface area contributed by atoms with Gasteiger partial charge in [0, 0.05) is 12.1 Å². The molecule has 2 fully saturated rings. The fourth-order valence-corrected chi connectivity index (χ4v) is 2.16. The van der Waals surface area contributed by atoms with E-state index in [0.29, 0.717) is 0 Å². The van der Waals surface area contributed by atoms with Gasteiger partial charge in [0.05, 0.1) is 0 Å². The number of hydrogen-bond donors (Lipinski definition) is 1. The minimum absolute atomic E-state index is 0.740. The third-order valence-electron chi connectivity index (χ3n) is 2.75. The van der Waals surface area contributed by atoms with Crippen LogP contribution in [0, 0.1) is 0 Å². The van der Waals surface area contributed by atoms with Crippen LogP contribution in [0.15, 0.2) is 0 Å². The molecular formula is C7H14N2. The molecule has 2 N–H and O–H groups in total. The van der Waals surface area contributed by atoms with Crippen LogP contribution >= 0.6 is 0 Å². The van der Waals surface area contributed by atoms with Gasteiger partial charge in [0.1, 0.15) is 0 Å². The van der Waals surface area contributed by atoms with Gasteiger partial charge in [-0.2, -0.15) is 0 Å². The summed E-state index contributed by atoms with van der Waals surface area (Å²) in [7, 11) is 0. The number of hydrazine groups is 1. The summed E-state index contributed by atoms with van der Waals surface area (Å²) in [5, 5.41) is 2.09. The van der Waals surface area contributed by atoms with E-state index in [1.807, 2.05) is 0 Å². The molecule has 2 heteroatoms. The molecule has 0 spiro atoms. The van der Waals surface area contributed by atoms with Crippen molar-refractivity contribution in [2.24, 2.45) is 5.84 Å². The zero-order chi connectivity index (χ0) is 6.27. The van der Waals surface area contributed by atoms with Crippen LogP contribution < -0.4 is 5.84 Å². The fourth-order valence-electron chi connectivity index (χ4n) is 2.16. The highest BCUT2D eigenvalue weighted by atomic mass is 15.5. The SMILES string of the molecule is NN1C2CCCC1CC2. The molecule has 2 nitrogen and oxygen atoms in total. The summed E-state index contributed by atoms with van der Waals surface area (Å²) < 4.78 is 0. The molecule has 9 heavy (non-hydrogen) atoms. The second-order valence-electron chi connectivity index (χ2n) is 3.26. The monoisotopic (exact) mass is 126 g/mol. The lowest BCUT2D eigenvalue weighted by atomic mass is 10.1. The van der Waals surface area contributed by atoms with Crippen molar-refractivity contribution in [3.05, 3.63) is 0 Å². The number of piperidine rings is 1. The van der Waals surface area contributed by atoms with Crippen LogP contribution in [0.4, 0.5) is 0 Å². The number of nitrogens with zero attached hydrogens (tertiary/aromatic N) is 1. The zero-order valence-electron chi connectivity index (χ0n) is 5.71. The van der Waals surface area contributed by atoms with Gasteiger partial charge in [0.25, 0.3) is 0 Å². The fraction of sp³-hybridized carbons (Fsp3) is 1.00. The van der Waals surface area contributed by atoms with Crippen LogP contribution in [-0.2, 0) is 0 Å². The van der Waals surface area contributed by atoms with E-state index < -0.39 is 0 Å². The first kappa shape index (κ1) is 5.69. The topological polar surface area (TPSA) is 29.3 Å². The van der Waals surface area contributed by atoms with E-state index in [2.05, 4.69) is 5.01 Å².